The quantitative estimate of drug-likeness (QED) is 0.797. The van der Waals surface area contributed by atoms with Gasteiger partial charge in [-0.2, -0.15) is 0 Å². The third kappa shape index (κ3) is 5.30. The minimum atomic E-state index is -0.189. The molecule has 116 valence electrons. The van der Waals surface area contributed by atoms with Crippen molar-refractivity contribution in [2.75, 3.05) is 19.8 Å². The highest BCUT2D eigenvalue weighted by atomic mass is 35.5. The molecule has 0 saturated heterocycles. The topological polar surface area (TPSA) is 47.6 Å². The number of halogens is 1. The van der Waals surface area contributed by atoms with Crippen molar-refractivity contribution in [3.8, 4) is 11.5 Å². The average molecular weight is 320 g/mol. The van der Waals surface area contributed by atoms with E-state index in [0.29, 0.717) is 23.9 Å². The van der Waals surface area contributed by atoms with E-state index < -0.39 is 0 Å². The lowest BCUT2D eigenvalue weighted by atomic mass is 10.2. The van der Waals surface area contributed by atoms with Gasteiger partial charge in [0.1, 0.15) is 18.1 Å². The van der Waals surface area contributed by atoms with E-state index in [1.807, 2.05) is 37.3 Å². The molecule has 0 bridgehead atoms. The van der Waals surface area contributed by atoms with Gasteiger partial charge < -0.3 is 14.8 Å². The molecule has 2 aromatic carbocycles. The third-order valence-corrected chi connectivity index (χ3v) is 3.17. The maximum absolute atomic E-state index is 11.7. The third-order valence-electron chi connectivity index (χ3n) is 2.93. The number of amides is 1. The number of carbonyl (C=O) groups is 1. The first-order valence-corrected chi connectivity index (χ1v) is 7.36. The summed E-state index contributed by atoms with van der Waals surface area (Å²) in [6.45, 7) is 2.69. The molecule has 0 fully saturated rings. The number of aryl methyl sites for hydroxylation is 1. The molecular formula is C17H18ClNO3. The van der Waals surface area contributed by atoms with Crippen LogP contribution in [0.2, 0.25) is 5.02 Å². The molecule has 0 saturated carbocycles. The summed E-state index contributed by atoms with van der Waals surface area (Å²) >= 11 is 5.87. The lowest BCUT2D eigenvalue weighted by Crippen LogP contribution is -2.32. The Kier molecular flexibility index (Phi) is 6.10. The molecule has 0 spiro atoms. The van der Waals surface area contributed by atoms with E-state index in [4.69, 9.17) is 21.1 Å². The summed E-state index contributed by atoms with van der Waals surface area (Å²) in [6, 6.07) is 14.7. The van der Waals surface area contributed by atoms with Gasteiger partial charge in [-0.15, -0.1) is 0 Å². The minimum absolute atomic E-state index is 0.0339. The van der Waals surface area contributed by atoms with Gasteiger partial charge in [-0.05, 0) is 42.8 Å². The molecule has 5 heteroatoms. The fourth-order valence-corrected chi connectivity index (χ4v) is 2.07. The Balaban J connectivity index is 1.65. The van der Waals surface area contributed by atoms with Crippen LogP contribution in [0.4, 0.5) is 0 Å². The normalized spacial score (nSPS) is 10.1. The number of benzene rings is 2. The Morgan fingerprint density at radius 1 is 1.14 bits per heavy atom. The summed E-state index contributed by atoms with van der Waals surface area (Å²) in [4.78, 5) is 11.7. The lowest BCUT2D eigenvalue weighted by Gasteiger charge is -2.10. The monoisotopic (exact) mass is 319 g/mol. The first kappa shape index (κ1) is 16.2. The first-order valence-electron chi connectivity index (χ1n) is 6.98. The summed E-state index contributed by atoms with van der Waals surface area (Å²) in [5.41, 5.74) is 0.896. The maximum atomic E-state index is 11.7. The van der Waals surface area contributed by atoms with Crippen molar-refractivity contribution >= 4 is 17.5 Å². The number of hydrogen-bond acceptors (Lipinski definition) is 3. The van der Waals surface area contributed by atoms with Gasteiger partial charge >= 0.3 is 0 Å². The molecule has 0 heterocycles. The highest BCUT2D eigenvalue weighted by Gasteiger charge is 2.05. The first-order chi connectivity index (χ1) is 10.6. The van der Waals surface area contributed by atoms with Crippen LogP contribution in [0.1, 0.15) is 5.56 Å². The van der Waals surface area contributed by atoms with Crippen molar-refractivity contribution in [3.63, 3.8) is 0 Å². The van der Waals surface area contributed by atoms with Gasteiger partial charge in [-0.3, -0.25) is 4.79 Å². The van der Waals surface area contributed by atoms with Crippen LogP contribution in [0.15, 0.2) is 48.5 Å². The van der Waals surface area contributed by atoms with Crippen molar-refractivity contribution in [2.24, 2.45) is 0 Å². The molecule has 1 amide bonds. The highest BCUT2D eigenvalue weighted by Crippen LogP contribution is 2.21. The Labute approximate surface area is 135 Å². The van der Waals surface area contributed by atoms with Gasteiger partial charge in [0.25, 0.3) is 5.91 Å². The molecule has 0 radical (unpaired) electrons. The molecule has 1 N–H and O–H groups in total. The highest BCUT2D eigenvalue weighted by molar-refractivity contribution is 6.30. The fraction of sp³-hybridized carbons (Fsp3) is 0.235. The molecule has 2 aromatic rings. The molecule has 0 aliphatic heterocycles. The van der Waals surface area contributed by atoms with Gasteiger partial charge in [0, 0.05) is 5.02 Å². The summed E-state index contributed by atoms with van der Waals surface area (Å²) in [6.07, 6.45) is 0. The number of nitrogens with one attached hydrogen (secondary N) is 1. The molecule has 4 nitrogen and oxygen atoms in total. The van der Waals surface area contributed by atoms with Crippen molar-refractivity contribution in [1.82, 2.24) is 5.32 Å². The molecular weight excluding hydrogens is 302 g/mol. The predicted octanol–water partition coefficient (Wildman–Crippen LogP) is 3.22. The summed E-state index contributed by atoms with van der Waals surface area (Å²) < 4.78 is 10.9. The van der Waals surface area contributed by atoms with Crippen molar-refractivity contribution in [2.45, 2.75) is 6.92 Å². The standard InChI is InChI=1S/C17H18ClNO3/c1-13-11-14(18)7-8-16(13)22-12-17(20)19-9-10-21-15-5-3-2-4-6-15/h2-8,11H,9-10,12H2,1H3,(H,19,20). The molecule has 2 rings (SSSR count). The van der Waals surface area contributed by atoms with Crippen molar-refractivity contribution < 1.29 is 14.3 Å². The number of rotatable bonds is 7. The molecule has 22 heavy (non-hydrogen) atoms. The maximum Gasteiger partial charge on any atom is 0.258 e. The van der Waals surface area contributed by atoms with Gasteiger partial charge in [-0.1, -0.05) is 29.8 Å². The van der Waals surface area contributed by atoms with Crippen molar-refractivity contribution in [3.05, 3.63) is 59.1 Å². The van der Waals surface area contributed by atoms with Crippen molar-refractivity contribution in [1.29, 1.82) is 0 Å². The molecule has 0 aliphatic rings. The predicted molar refractivity (Wildman–Crippen MR) is 86.6 cm³/mol. The van der Waals surface area contributed by atoms with Gasteiger partial charge in [0.15, 0.2) is 6.61 Å². The SMILES string of the molecule is Cc1cc(Cl)ccc1OCC(=O)NCCOc1ccccc1. The van der Waals surface area contributed by atoms with Gasteiger partial charge in [0.05, 0.1) is 6.54 Å². The largest absolute Gasteiger partial charge is 0.492 e. The summed E-state index contributed by atoms with van der Waals surface area (Å²) in [7, 11) is 0. The van der Waals surface area contributed by atoms with E-state index in [2.05, 4.69) is 5.32 Å². The Bertz CT molecular complexity index is 617. The average Bonchev–Trinajstić information content (AvgIpc) is 2.52. The smallest absolute Gasteiger partial charge is 0.258 e. The van der Waals surface area contributed by atoms with E-state index in [1.54, 1.807) is 18.2 Å². The minimum Gasteiger partial charge on any atom is -0.492 e. The number of ether oxygens (including phenoxy) is 2. The molecule has 0 aromatic heterocycles. The van der Waals surface area contributed by atoms with E-state index in [0.717, 1.165) is 11.3 Å². The second-order valence-electron chi connectivity index (χ2n) is 4.71. The molecule has 0 unspecified atom stereocenters. The zero-order chi connectivity index (χ0) is 15.8. The van der Waals surface area contributed by atoms with Crippen LogP contribution >= 0.6 is 11.6 Å². The van der Waals surface area contributed by atoms with E-state index in [1.165, 1.54) is 0 Å². The van der Waals surface area contributed by atoms with Crippen LogP contribution in [0, 0.1) is 6.92 Å². The number of para-hydroxylation sites is 1. The van der Waals surface area contributed by atoms with Crippen LogP contribution in [-0.4, -0.2) is 25.7 Å². The van der Waals surface area contributed by atoms with Crippen LogP contribution in [0.25, 0.3) is 0 Å². The van der Waals surface area contributed by atoms with Crippen LogP contribution in [0.5, 0.6) is 11.5 Å². The van der Waals surface area contributed by atoms with Gasteiger partial charge in [0.2, 0.25) is 0 Å². The zero-order valence-electron chi connectivity index (χ0n) is 12.3. The molecule has 0 atom stereocenters. The van der Waals surface area contributed by atoms with Gasteiger partial charge in [-0.25, -0.2) is 0 Å². The second-order valence-corrected chi connectivity index (χ2v) is 5.15. The van der Waals surface area contributed by atoms with E-state index in [9.17, 15) is 4.79 Å². The van der Waals surface area contributed by atoms with E-state index in [-0.39, 0.29) is 12.5 Å². The van der Waals surface area contributed by atoms with Crippen LogP contribution in [0.3, 0.4) is 0 Å². The second kappa shape index (κ2) is 8.29. The van der Waals surface area contributed by atoms with Crippen LogP contribution < -0.4 is 14.8 Å². The number of hydrogen-bond donors (Lipinski definition) is 1. The van der Waals surface area contributed by atoms with E-state index >= 15 is 0 Å². The summed E-state index contributed by atoms with van der Waals surface area (Å²) in [5.74, 6) is 1.25. The lowest BCUT2D eigenvalue weighted by molar-refractivity contribution is -0.123. The molecule has 0 aliphatic carbocycles. The summed E-state index contributed by atoms with van der Waals surface area (Å²) in [5, 5.41) is 3.38. The Morgan fingerprint density at radius 2 is 1.91 bits per heavy atom. The zero-order valence-corrected chi connectivity index (χ0v) is 13.1. The Hall–Kier alpha value is -2.20. The number of carbonyl (C=O) groups excluding carboxylic acids is 1. The Morgan fingerprint density at radius 3 is 2.64 bits per heavy atom. The van der Waals surface area contributed by atoms with Crippen LogP contribution in [-0.2, 0) is 4.79 Å². The fourth-order valence-electron chi connectivity index (χ4n) is 1.85.